The van der Waals surface area contributed by atoms with Gasteiger partial charge in [0.2, 0.25) is 5.95 Å². The van der Waals surface area contributed by atoms with E-state index in [1.165, 1.54) is 4.88 Å². The van der Waals surface area contributed by atoms with Gasteiger partial charge in [0.15, 0.2) is 5.75 Å². The van der Waals surface area contributed by atoms with E-state index in [1.54, 1.807) is 30.8 Å². The molecular formula is C10H12N4OS. The van der Waals surface area contributed by atoms with Crippen molar-refractivity contribution < 1.29 is 4.74 Å². The highest BCUT2D eigenvalue weighted by Crippen LogP contribution is 2.13. The van der Waals surface area contributed by atoms with E-state index in [-0.39, 0.29) is 0 Å². The summed E-state index contributed by atoms with van der Waals surface area (Å²) in [5.41, 5.74) is 0. The molecule has 0 saturated heterocycles. The zero-order chi connectivity index (χ0) is 11.4. The largest absolute Gasteiger partial charge is 0.494 e. The average Bonchev–Trinajstić information content (AvgIpc) is 2.73. The third kappa shape index (κ3) is 2.66. The lowest BCUT2D eigenvalue weighted by Gasteiger charge is -2.02. The van der Waals surface area contributed by atoms with E-state index in [2.05, 4.69) is 20.3 Å². The lowest BCUT2D eigenvalue weighted by atomic mass is 10.6. The van der Waals surface area contributed by atoms with Crippen LogP contribution in [0.5, 0.6) is 5.75 Å². The number of aryl methyl sites for hydroxylation is 1. The molecule has 0 amide bonds. The van der Waals surface area contributed by atoms with Gasteiger partial charge in [-0.15, -0.1) is 11.3 Å². The van der Waals surface area contributed by atoms with E-state index in [4.69, 9.17) is 4.74 Å². The van der Waals surface area contributed by atoms with Crippen molar-refractivity contribution in [3.05, 3.63) is 28.5 Å². The van der Waals surface area contributed by atoms with Crippen LogP contribution in [0.2, 0.25) is 0 Å². The Hall–Kier alpha value is -1.69. The molecule has 2 aromatic rings. The normalized spacial score (nSPS) is 10.1. The fourth-order valence-corrected chi connectivity index (χ4v) is 1.88. The SMILES string of the molecule is COc1cnc(NCc2ncc(C)s2)nc1. The van der Waals surface area contributed by atoms with Gasteiger partial charge in [-0.3, -0.25) is 0 Å². The van der Waals surface area contributed by atoms with Crippen LogP contribution in [0.3, 0.4) is 0 Å². The van der Waals surface area contributed by atoms with E-state index in [1.807, 2.05) is 13.1 Å². The van der Waals surface area contributed by atoms with E-state index in [0.29, 0.717) is 18.2 Å². The maximum absolute atomic E-state index is 4.97. The Morgan fingerprint density at radius 3 is 2.56 bits per heavy atom. The molecule has 0 aliphatic heterocycles. The van der Waals surface area contributed by atoms with Crippen molar-refractivity contribution in [3.63, 3.8) is 0 Å². The predicted octanol–water partition coefficient (Wildman–Crippen LogP) is 1.86. The number of methoxy groups -OCH3 is 1. The molecule has 0 radical (unpaired) electrons. The molecule has 0 bridgehead atoms. The quantitative estimate of drug-likeness (QED) is 0.878. The number of hydrogen-bond donors (Lipinski definition) is 1. The second kappa shape index (κ2) is 4.89. The molecular weight excluding hydrogens is 224 g/mol. The molecule has 1 N–H and O–H groups in total. The predicted molar refractivity (Wildman–Crippen MR) is 62.8 cm³/mol. The Kier molecular flexibility index (Phi) is 3.31. The number of anilines is 1. The van der Waals surface area contributed by atoms with Gasteiger partial charge in [0.25, 0.3) is 0 Å². The number of thiazole rings is 1. The van der Waals surface area contributed by atoms with Crippen LogP contribution < -0.4 is 10.1 Å². The van der Waals surface area contributed by atoms with E-state index >= 15 is 0 Å². The summed E-state index contributed by atoms with van der Waals surface area (Å²) in [7, 11) is 1.59. The molecule has 0 fully saturated rings. The molecule has 0 aromatic carbocycles. The van der Waals surface area contributed by atoms with Gasteiger partial charge in [0, 0.05) is 11.1 Å². The van der Waals surface area contributed by atoms with Gasteiger partial charge in [0.1, 0.15) is 5.01 Å². The van der Waals surface area contributed by atoms with E-state index < -0.39 is 0 Å². The molecule has 2 heterocycles. The monoisotopic (exact) mass is 236 g/mol. The highest BCUT2D eigenvalue weighted by molar-refractivity contribution is 7.11. The summed E-state index contributed by atoms with van der Waals surface area (Å²) in [5.74, 6) is 1.23. The third-order valence-electron chi connectivity index (χ3n) is 1.93. The Balaban J connectivity index is 1.94. The number of hydrogen-bond acceptors (Lipinski definition) is 6. The molecule has 0 spiro atoms. The molecule has 0 aliphatic carbocycles. The van der Waals surface area contributed by atoms with Gasteiger partial charge >= 0.3 is 0 Å². The zero-order valence-electron chi connectivity index (χ0n) is 9.10. The van der Waals surface area contributed by atoms with Crippen molar-refractivity contribution >= 4 is 17.3 Å². The highest BCUT2D eigenvalue weighted by atomic mass is 32.1. The van der Waals surface area contributed by atoms with Gasteiger partial charge in [0.05, 0.1) is 26.0 Å². The number of ether oxygens (including phenoxy) is 1. The topological polar surface area (TPSA) is 59.9 Å². The maximum Gasteiger partial charge on any atom is 0.223 e. The number of nitrogens with zero attached hydrogens (tertiary/aromatic N) is 3. The van der Waals surface area contributed by atoms with Crippen LogP contribution in [0.4, 0.5) is 5.95 Å². The van der Waals surface area contributed by atoms with Gasteiger partial charge < -0.3 is 10.1 Å². The van der Waals surface area contributed by atoms with Crippen LogP contribution >= 0.6 is 11.3 Å². The minimum absolute atomic E-state index is 0.577. The molecule has 84 valence electrons. The van der Waals surface area contributed by atoms with Crippen LogP contribution in [0.15, 0.2) is 18.6 Å². The second-order valence-corrected chi connectivity index (χ2v) is 4.48. The van der Waals surface area contributed by atoms with Gasteiger partial charge in [-0.25, -0.2) is 15.0 Å². The number of rotatable bonds is 4. The van der Waals surface area contributed by atoms with Gasteiger partial charge in [-0.05, 0) is 6.92 Å². The zero-order valence-corrected chi connectivity index (χ0v) is 9.91. The molecule has 0 aliphatic rings. The first-order chi connectivity index (χ1) is 7.78. The Bertz CT molecular complexity index is 454. The Labute approximate surface area is 97.5 Å². The Morgan fingerprint density at radius 1 is 1.25 bits per heavy atom. The minimum Gasteiger partial charge on any atom is -0.494 e. The van der Waals surface area contributed by atoms with E-state index in [9.17, 15) is 0 Å². The molecule has 16 heavy (non-hydrogen) atoms. The molecule has 2 aromatic heterocycles. The maximum atomic E-state index is 4.97. The van der Waals surface area contributed by atoms with Gasteiger partial charge in [-0.1, -0.05) is 0 Å². The number of nitrogens with one attached hydrogen (secondary N) is 1. The van der Waals surface area contributed by atoms with E-state index in [0.717, 1.165) is 5.01 Å². The van der Waals surface area contributed by atoms with Crippen LogP contribution in [0, 0.1) is 6.92 Å². The highest BCUT2D eigenvalue weighted by Gasteiger charge is 2.00. The van der Waals surface area contributed by atoms with Crippen molar-refractivity contribution in [1.29, 1.82) is 0 Å². The first kappa shape index (κ1) is 10.8. The van der Waals surface area contributed by atoms with Crippen molar-refractivity contribution in [2.75, 3.05) is 12.4 Å². The second-order valence-electron chi connectivity index (χ2n) is 3.16. The summed E-state index contributed by atoms with van der Waals surface area (Å²) < 4.78 is 4.97. The van der Waals surface area contributed by atoms with Gasteiger partial charge in [-0.2, -0.15) is 0 Å². The third-order valence-corrected chi connectivity index (χ3v) is 2.84. The molecule has 0 atom stereocenters. The summed E-state index contributed by atoms with van der Waals surface area (Å²) >= 11 is 1.66. The lowest BCUT2D eigenvalue weighted by Crippen LogP contribution is -2.02. The minimum atomic E-state index is 0.577. The van der Waals surface area contributed by atoms with Crippen LogP contribution in [0.25, 0.3) is 0 Å². The molecule has 0 unspecified atom stereocenters. The Morgan fingerprint density at radius 2 is 2.00 bits per heavy atom. The first-order valence-corrected chi connectivity index (χ1v) is 5.61. The van der Waals surface area contributed by atoms with Crippen LogP contribution in [0.1, 0.15) is 9.88 Å². The molecule has 0 saturated carbocycles. The smallest absolute Gasteiger partial charge is 0.223 e. The molecule has 6 heteroatoms. The standard InChI is InChI=1S/C10H12N4OS/c1-7-3-11-9(16-7)6-14-10-12-4-8(15-2)5-13-10/h3-5H,6H2,1-2H3,(H,12,13,14). The summed E-state index contributed by atoms with van der Waals surface area (Å²) in [5, 5.41) is 4.12. The van der Waals surface area contributed by atoms with Crippen LogP contribution in [-0.4, -0.2) is 22.1 Å². The van der Waals surface area contributed by atoms with Crippen molar-refractivity contribution in [2.45, 2.75) is 13.5 Å². The van der Waals surface area contributed by atoms with Crippen molar-refractivity contribution in [1.82, 2.24) is 15.0 Å². The summed E-state index contributed by atoms with van der Waals surface area (Å²) in [6.45, 7) is 2.68. The average molecular weight is 236 g/mol. The molecule has 2 rings (SSSR count). The van der Waals surface area contributed by atoms with Crippen molar-refractivity contribution in [2.24, 2.45) is 0 Å². The number of aromatic nitrogens is 3. The molecule has 5 nitrogen and oxygen atoms in total. The first-order valence-electron chi connectivity index (χ1n) is 4.79. The fraction of sp³-hybridized carbons (Fsp3) is 0.300. The van der Waals surface area contributed by atoms with Crippen molar-refractivity contribution in [3.8, 4) is 5.75 Å². The van der Waals surface area contributed by atoms with Crippen LogP contribution in [-0.2, 0) is 6.54 Å². The summed E-state index contributed by atoms with van der Waals surface area (Å²) in [4.78, 5) is 13.6. The summed E-state index contributed by atoms with van der Waals surface area (Å²) in [6.07, 6.45) is 5.11. The fourth-order valence-electron chi connectivity index (χ4n) is 1.15. The summed E-state index contributed by atoms with van der Waals surface area (Å²) in [6, 6.07) is 0. The lowest BCUT2D eigenvalue weighted by molar-refractivity contribution is 0.411.